The fourth-order valence-corrected chi connectivity index (χ4v) is 2.83. The van der Waals surface area contributed by atoms with Crippen LogP contribution in [0.3, 0.4) is 0 Å². The molecule has 1 aromatic carbocycles. The molecule has 1 N–H and O–H groups in total. The van der Waals surface area contributed by atoms with E-state index >= 15 is 0 Å². The molecule has 1 aliphatic carbocycles. The van der Waals surface area contributed by atoms with Gasteiger partial charge in [-0.1, -0.05) is 32.1 Å². The van der Waals surface area contributed by atoms with Gasteiger partial charge in [-0.2, -0.15) is 13.2 Å². The number of benzene rings is 1. The molecule has 118 valence electrons. The Bertz CT molecular complexity index is 451. The number of halogens is 3. The highest BCUT2D eigenvalue weighted by atomic mass is 19.4. The molecule has 2 nitrogen and oxygen atoms in total. The minimum Gasteiger partial charge on any atom is -0.497 e. The van der Waals surface area contributed by atoms with E-state index in [0.29, 0.717) is 0 Å². The van der Waals surface area contributed by atoms with Crippen LogP contribution in [0.4, 0.5) is 18.9 Å². The lowest BCUT2D eigenvalue weighted by molar-refractivity contribution is -0.137. The molecule has 0 amide bonds. The third-order valence-corrected chi connectivity index (χ3v) is 4.00. The van der Waals surface area contributed by atoms with Crippen LogP contribution in [0.15, 0.2) is 18.2 Å². The van der Waals surface area contributed by atoms with Crippen molar-refractivity contribution < 1.29 is 17.9 Å². The van der Waals surface area contributed by atoms with Gasteiger partial charge in [-0.3, -0.25) is 0 Å². The molecule has 0 atom stereocenters. The fourth-order valence-electron chi connectivity index (χ4n) is 2.83. The van der Waals surface area contributed by atoms with Crippen molar-refractivity contribution in [2.45, 2.75) is 57.2 Å². The van der Waals surface area contributed by atoms with Crippen molar-refractivity contribution in [2.24, 2.45) is 0 Å². The summed E-state index contributed by atoms with van der Waals surface area (Å²) in [5.41, 5.74) is -0.488. The van der Waals surface area contributed by atoms with Crippen molar-refractivity contribution in [3.05, 3.63) is 23.8 Å². The number of nitrogens with one attached hydrogen (secondary N) is 1. The number of ether oxygens (including phenoxy) is 1. The van der Waals surface area contributed by atoms with Crippen molar-refractivity contribution >= 4 is 5.69 Å². The third-order valence-electron chi connectivity index (χ3n) is 4.00. The van der Waals surface area contributed by atoms with Gasteiger partial charge in [0.1, 0.15) is 5.75 Å². The maximum absolute atomic E-state index is 13.2. The zero-order valence-corrected chi connectivity index (χ0v) is 12.3. The average molecular weight is 301 g/mol. The normalized spacial score (nSPS) is 17.9. The second-order valence-corrected chi connectivity index (χ2v) is 5.60. The van der Waals surface area contributed by atoms with Crippen molar-refractivity contribution in [2.75, 3.05) is 12.4 Å². The zero-order valence-electron chi connectivity index (χ0n) is 12.3. The molecule has 0 radical (unpaired) electrons. The molecule has 1 aliphatic rings. The lowest BCUT2D eigenvalue weighted by atomic mass is 9.96. The summed E-state index contributed by atoms with van der Waals surface area (Å²) in [4.78, 5) is 0. The highest BCUT2D eigenvalue weighted by Gasteiger charge is 2.34. The Hall–Kier alpha value is -1.39. The summed E-state index contributed by atoms with van der Waals surface area (Å²) >= 11 is 0. The predicted octanol–water partition coefficient (Wildman–Crippen LogP) is 5.24. The summed E-state index contributed by atoms with van der Waals surface area (Å²) in [5.74, 6) is 0.227. The summed E-state index contributed by atoms with van der Waals surface area (Å²) in [5, 5.41) is 3.10. The average Bonchev–Trinajstić information content (AvgIpc) is 2.40. The molecule has 1 saturated carbocycles. The maximum atomic E-state index is 13.2. The van der Waals surface area contributed by atoms with Crippen LogP contribution in [0.2, 0.25) is 0 Å². The Balaban J connectivity index is 2.17. The summed E-state index contributed by atoms with van der Waals surface area (Å²) < 4.78 is 44.4. The number of hydrogen-bond donors (Lipinski definition) is 1. The van der Waals surface area contributed by atoms with Crippen LogP contribution in [0.25, 0.3) is 0 Å². The van der Waals surface area contributed by atoms with E-state index < -0.39 is 11.7 Å². The zero-order chi connectivity index (χ0) is 15.3. The van der Waals surface area contributed by atoms with E-state index in [-0.39, 0.29) is 17.5 Å². The summed E-state index contributed by atoms with van der Waals surface area (Å²) in [7, 11) is 1.37. The Morgan fingerprint density at radius 3 is 2.24 bits per heavy atom. The number of anilines is 1. The van der Waals surface area contributed by atoms with Crippen LogP contribution in [-0.4, -0.2) is 13.2 Å². The Morgan fingerprint density at radius 1 is 1.05 bits per heavy atom. The topological polar surface area (TPSA) is 21.3 Å². The smallest absolute Gasteiger partial charge is 0.418 e. The molecule has 21 heavy (non-hydrogen) atoms. The Labute approximate surface area is 123 Å². The molecule has 0 heterocycles. The van der Waals surface area contributed by atoms with Crippen LogP contribution < -0.4 is 10.1 Å². The van der Waals surface area contributed by atoms with Crippen LogP contribution in [0, 0.1) is 0 Å². The van der Waals surface area contributed by atoms with Crippen molar-refractivity contribution in [3.63, 3.8) is 0 Å². The third kappa shape index (κ3) is 4.55. The van der Waals surface area contributed by atoms with Gasteiger partial charge in [0, 0.05) is 11.7 Å². The summed E-state index contributed by atoms with van der Waals surface area (Å²) in [6.45, 7) is 0. The molecule has 0 spiro atoms. The number of alkyl halides is 3. The number of rotatable bonds is 3. The largest absolute Gasteiger partial charge is 0.497 e. The quantitative estimate of drug-likeness (QED) is 0.824. The maximum Gasteiger partial charge on any atom is 0.418 e. The number of hydrogen-bond acceptors (Lipinski definition) is 2. The standard InChI is InChI=1S/C16H22F3NO/c1-21-13-9-10-15(14(11-13)16(17,18)19)20-12-7-5-3-2-4-6-8-12/h9-12,20H,2-8H2,1H3. The van der Waals surface area contributed by atoms with Gasteiger partial charge < -0.3 is 10.1 Å². The molecule has 1 aromatic rings. The molecule has 1 fully saturated rings. The van der Waals surface area contributed by atoms with E-state index in [0.717, 1.165) is 31.7 Å². The molecular formula is C16H22F3NO. The van der Waals surface area contributed by atoms with E-state index in [4.69, 9.17) is 4.74 Å². The van der Waals surface area contributed by atoms with Gasteiger partial charge >= 0.3 is 6.18 Å². The SMILES string of the molecule is COc1ccc(NC2CCCCCCC2)c(C(F)(F)F)c1. The first-order valence-corrected chi connectivity index (χ1v) is 7.52. The first-order chi connectivity index (χ1) is 10.0. The van der Waals surface area contributed by atoms with Crippen molar-refractivity contribution in [3.8, 4) is 5.75 Å². The first kappa shape index (κ1) is 16.0. The minimum absolute atomic E-state index is 0.125. The molecular weight excluding hydrogens is 279 g/mol. The lowest BCUT2D eigenvalue weighted by Gasteiger charge is -2.24. The highest BCUT2D eigenvalue weighted by Crippen LogP contribution is 2.38. The van der Waals surface area contributed by atoms with Crippen molar-refractivity contribution in [1.29, 1.82) is 0 Å². The van der Waals surface area contributed by atoms with E-state index in [2.05, 4.69) is 5.32 Å². The summed E-state index contributed by atoms with van der Waals surface area (Å²) in [6.07, 6.45) is 3.23. The van der Waals surface area contributed by atoms with E-state index in [1.54, 1.807) is 6.07 Å². The van der Waals surface area contributed by atoms with Gasteiger partial charge in [-0.15, -0.1) is 0 Å². The van der Waals surface area contributed by atoms with Gasteiger partial charge in [-0.05, 0) is 31.0 Å². The first-order valence-electron chi connectivity index (χ1n) is 7.52. The molecule has 0 aliphatic heterocycles. The molecule has 5 heteroatoms. The minimum atomic E-state index is -4.38. The van der Waals surface area contributed by atoms with E-state index in [1.165, 1.54) is 32.4 Å². The van der Waals surface area contributed by atoms with Crippen LogP contribution in [0.1, 0.15) is 50.5 Å². The molecule has 0 aromatic heterocycles. The number of methoxy groups -OCH3 is 1. The highest BCUT2D eigenvalue weighted by molar-refractivity contribution is 5.56. The molecule has 0 bridgehead atoms. The Morgan fingerprint density at radius 2 is 1.67 bits per heavy atom. The second-order valence-electron chi connectivity index (χ2n) is 5.60. The Kier molecular flexibility index (Phi) is 5.37. The predicted molar refractivity (Wildman–Crippen MR) is 77.7 cm³/mol. The van der Waals surface area contributed by atoms with E-state index in [9.17, 15) is 13.2 Å². The van der Waals surface area contributed by atoms with E-state index in [1.807, 2.05) is 0 Å². The molecule has 0 unspecified atom stereocenters. The fraction of sp³-hybridized carbons (Fsp3) is 0.625. The molecule has 0 saturated heterocycles. The van der Waals surface area contributed by atoms with Crippen LogP contribution in [-0.2, 0) is 6.18 Å². The second kappa shape index (κ2) is 7.05. The van der Waals surface area contributed by atoms with Crippen molar-refractivity contribution in [1.82, 2.24) is 0 Å². The van der Waals surface area contributed by atoms with Gasteiger partial charge in [0.25, 0.3) is 0 Å². The molecule has 2 rings (SSSR count). The van der Waals surface area contributed by atoms with Gasteiger partial charge in [0.05, 0.1) is 12.7 Å². The van der Waals surface area contributed by atoms with Gasteiger partial charge in [0.15, 0.2) is 0 Å². The summed E-state index contributed by atoms with van der Waals surface area (Å²) in [6, 6.07) is 4.23. The monoisotopic (exact) mass is 301 g/mol. The lowest BCUT2D eigenvalue weighted by Crippen LogP contribution is -2.22. The van der Waals surface area contributed by atoms with Gasteiger partial charge in [0.2, 0.25) is 0 Å². The van der Waals surface area contributed by atoms with Crippen LogP contribution in [0.5, 0.6) is 5.75 Å². The van der Waals surface area contributed by atoms with Gasteiger partial charge in [-0.25, -0.2) is 0 Å². The van der Waals surface area contributed by atoms with Crippen LogP contribution >= 0.6 is 0 Å².